The van der Waals surface area contributed by atoms with Gasteiger partial charge in [-0.3, -0.25) is 10.1 Å². The van der Waals surface area contributed by atoms with E-state index in [2.05, 4.69) is 10.3 Å². The lowest BCUT2D eigenvalue weighted by atomic mass is 10.3. The summed E-state index contributed by atoms with van der Waals surface area (Å²) in [5.41, 5.74) is 7.65. The van der Waals surface area contributed by atoms with Crippen LogP contribution in [0.15, 0.2) is 41.2 Å². The van der Waals surface area contributed by atoms with Crippen LogP contribution in [0.25, 0.3) is 10.2 Å². The summed E-state index contributed by atoms with van der Waals surface area (Å²) in [5.74, 6) is -0.240. The predicted molar refractivity (Wildman–Crippen MR) is 70.7 cm³/mol. The summed E-state index contributed by atoms with van der Waals surface area (Å²) in [7, 11) is 0. The SMILES string of the molecule is Nc1ccc2nc(NC(=O)c3ccoc3)sc2c1. The first kappa shape index (κ1) is 10.8. The van der Waals surface area contributed by atoms with Crippen LogP contribution in [0, 0.1) is 0 Å². The Balaban J connectivity index is 1.89. The minimum Gasteiger partial charge on any atom is -0.472 e. The number of rotatable bonds is 2. The Kier molecular flexibility index (Phi) is 2.49. The highest BCUT2D eigenvalue weighted by Crippen LogP contribution is 2.27. The average Bonchev–Trinajstić information content (AvgIpc) is 2.95. The van der Waals surface area contributed by atoms with Crippen LogP contribution in [0.4, 0.5) is 10.8 Å². The Hall–Kier alpha value is -2.34. The zero-order chi connectivity index (χ0) is 12.5. The number of nitrogens with zero attached hydrogens (tertiary/aromatic N) is 1. The van der Waals surface area contributed by atoms with Crippen molar-refractivity contribution in [3.63, 3.8) is 0 Å². The highest BCUT2D eigenvalue weighted by molar-refractivity contribution is 7.22. The molecule has 2 aromatic heterocycles. The number of anilines is 2. The number of aromatic nitrogens is 1. The second-order valence-corrected chi connectivity index (χ2v) is 4.74. The van der Waals surface area contributed by atoms with Gasteiger partial charge in [-0.05, 0) is 24.3 Å². The van der Waals surface area contributed by atoms with E-state index in [4.69, 9.17) is 10.2 Å². The molecule has 0 unspecified atom stereocenters. The molecule has 0 bridgehead atoms. The van der Waals surface area contributed by atoms with Crippen molar-refractivity contribution in [1.29, 1.82) is 0 Å². The molecule has 1 amide bonds. The summed E-state index contributed by atoms with van der Waals surface area (Å²) < 4.78 is 5.80. The molecule has 0 saturated heterocycles. The van der Waals surface area contributed by atoms with Gasteiger partial charge < -0.3 is 10.2 Å². The zero-order valence-electron chi connectivity index (χ0n) is 9.21. The molecule has 0 fully saturated rings. The molecule has 0 spiro atoms. The fraction of sp³-hybridized carbons (Fsp3) is 0. The molecule has 0 radical (unpaired) electrons. The Bertz CT molecular complexity index is 703. The number of nitrogens with two attached hydrogens (primary N) is 1. The first-order valence-corrected chi connectivity index (χ1v) is 6.03. The van der Waals surface area contributed by atoms with Crippen LogP contribution >= 0.6 is 11.3 Å². The van der Waals surface area contributed by atoms with Gasteiger partial charge in [0.25, 0.3) is 5.91 Å². The largest absolute Gasteiger partial charge is 0.472 e. The van der Waals surface area contributed by atoms with Crippen molar-refractivity contribution >= 4 is 38.3 Å². The number of nitrogen functional groups attached to an aromatic ring is 1. The van der Waals surface area contributed by atoms with Crippen LogP contribution in [-0.2, 0) is 0 Å². The molecule has 18 heavy (non-hydrogen) atoms. The van der Waals surface area contributed by atoms with Gasteiger partial charge in [-0.25, -0.2) is 4.98 Å². The van der Waals surface area contributed by atoms with Gasteiger partial charge in [-0.15, -0.1) is 0 Å². The van der Waals surface area contributed by atoms with Gasteiger partial charge in [0.15, 0.2) is 5.13 Å². The number of hydrogen-bond donors (Lipinski definition) is 2. The van der Waals surface area contributed by atoms with Gasteiger partial charge in [0.1, 0.15) is 6.26 Å². The van der Waals surface area contributed by atoms with Gasteiger partial charge in [0.05, 0.1) is 22.0 Å². The number of hydrogen-bond acceptors (Lipinski definition) is 5. The summed E-state index contributed by atoms with van der Waals surface area (Å²) >= 11 is 1.38. The fourth-order valence-electron chi connectivity index (χ4n) is 1.56. The van der Waals surface area contributed by atoms with E-state index in [1.54, 1.807) is 12.1 Å². The lowest BCUT2D eigenvalue weighted by molar-refractivity contribution is 0.102. The minimum atomic E-state index is -0.240. The number of carbonyl (C=O) groups is 1. The van der Waals surface area contributed by atoms with Crippen molar-refractivity contribution in [1.82, 2.24) is 4.98 Å². The number of benzene rings is 1. The third-order valence-corrected chi connectivity index (χ3v) is 3.35. The normalized spacial score (nSPS) is 10.7. The van der Waals surface area contributed by atoms with Crippen LogP contribution in [0.2, 0.25) is 0 Å². The molecule has 0 aliphatic heterocycles. The molecule has 3 rings (SSSR count). The number of fused-ring (bicyclic) bond motifs is 1. The van der Waals surface area contributed by atoms with Crippen molar-refractivity contribution < 1.29 is 9.21 Å². The molecule has 3 aromatic rings. The number of thiazole rings is 1. The summed E-state index contributed by atoms with van der Waals surface area (Å²) in [6.45, 7) is 0. The quantitative estimate of drug-likeness (QED) is 0.693. The van der Waals surface area contributed by atoms with Crippen LogP contribution < -0.4 is 11.1 Å². The van der Waals surface area contributed by atoms with E-state index in [0.717, 1.165) is 10.2 Å². The molecule has 0 aliphatic rings. The monoisotopic (exact) mass is 259 g/mol. The molecule has 0 aliphatic carbocycles. The molecular weight excluding hydrogens is 250 g/mol. The van der Waals surface area contributed by atoms with Gasteiger partial charge in [-0.1, -0.05) is 11.3 Å². The predicted octanol–water partition coefficient (Wildman–Crippen LogP) is 2.72. The number of carbonyl (C=O) groups excluding carboxylic acids is 1. The first-order chi connectivity index (χ1) is 8.72. The smallest absolute Gasteiger partial charge is 0.260 e. The van der Waals surface area contributed by atoms with Gasteiger partial charge >= 0.3 is 0 Å². The lowest BCUT2D eigenvalue weighted by Gasteiger charge is -1.96. The molecule has 0 saturated carbocycles. The second kappa shape index (κ2) is 4.15. The number of furan rings is 1. The molecule has 90 valence electrons. The van der Waals surface area contributed by atoms with Crippen molar-refractivity contribution in [3.05, 3.63) is 42.4 Å². The first-order valence-electron chi connectivity index (χ1n) is 5.22. The highest BCUT2D eigenvalue weighted by Gasteiger charge is 2.10. The van der Waals surface area contributed by atoms with Crippen molar-refractivity contribution in [2.45, 2.75) is 0 Å². The third-order valence-electron chi connectivity index (χ3n) is 2.42. The molecule has 0 atom stereocenters. The zero-order valence-corrected chi connectivity index (χ0v) is 10.0. The Morgan fingerprint density at radius 3 is 3.06 bits per heavy atom. The summed E-state index contributed by atoms with van der Waals surface area (Å²) in [6.07, 6.45) is 2.84. The minimum absolute atomic E-state index is 0.240. The molecule has 5 nitrogen and oxygen atoms in total. The standard InChI is InChI=1S/C12H9N3O2S/c13-8-1-2-9-10(5-8)18-12(14-9)15-11(16)7-3-4-17-6-7/h1-6H,13H2,(H,14,15,16). The van der Waals surface area contributed by atoms with Gasteiger partial charge in [0.2, 0.25) is 0 Å². The topological polar surface area (TPSA) is 81.1 Å². The molecule has 2 heterocycles. The summed E-state index contributed by atoms with van der Waals surface area (Å²) in [6, 6.07) is 7.04. The van der Waals surface area contributed by atoms with Gasteiger partial charge in [0, 0.05) is 5.69 Å². The molecule has 6 heteroatoms. The van der Waals surface area contributed by atoms with E-state index in [1.807, 2.05) is 12.1 Å². The summed E-state index contributed by atoms with van der Waals surface area (Å²) in [5, 5.41) is 3.26. The number of nitrogens with one attached hydrogen (secondary N) is 1. The van der Waals surface area contributed by atoms with E-state index >= 15 is 0 Å². The molecule has 1 aromatic carbocycles. The van der Waals surface area contributed by atoms with Crippen molar-refractivity contribution in [2.24, 2.45) is 0 Å². The van der Waals surface area contributed by atoms with E-state index in [-0.39, 0.29) is 5.91 Å². The highest BCUT2D eigenvalue weighted by atomic mass is 32.1. The second-order valence-electron chi connectivity index (χ2n) is 3.71. The van der Waals surface area contributed by atoms with E-state index in [1.165, 1.54) is 23.9 Å². The van der Waals surface area contributed by atoms with E-state index in [0.29, 0.717) is 16.4 Å². The maximum Gasteiger partial charge on any atom is 0.260 e. The summed E-state index contributed by atoms with van der Waals surface area (Å²) in [4.78, 5) is 16.1. The fourth-order valence-corrected chi connectivity index (χ4v) is 2.47. The average molecular weight is 259 g/mol. The van der Waals surface area contributed by atoms with Crippen molar-refractivity contribution in [3.8, 4) is 0 Å². The van der Waals surface area contributed by atoms with Crippen molar-refractivity contribution in [2.75, 3.05) is 11.1 Å². The van der Waals surface area contributed by atoms with Crippen LogP contribution in [0.5, 0.6) is 0 Å². The third kappa shape index (κ3) is 1.93. The Labute approximate surface area is 106 Å². The van der Waals surface area contributed by atoms with Crippen LogP contribution in [-0.4, -0.2) is 10.9 Å². The van der Waals surface area contributed by atoms with E-state index < -0.39 is 0 Å². The Morgan fingerprint density at radius 2 is 2.28 bits per heavy atom. The van der Waals surface area contributed by atoms with Crippen LogP contribution in [0.1, 0.15) is 10.4 Å². The van der Waals surface area contributed by atoms with Crippen LogP contribution in [0.3, 0.4) is 0 Å². The van der Waals surface area contributed by atoms with Gasteiger partial charge in [-0.2, -0.15) is 0 Å². The Morgan fingerprint density at radius 1 is 1.39 bits per heavy atom. The molecular formula is C12H9N3O2S. The molecule has 3 N–H and O–H groups in total. The number of amides is 1. The lowest BCUT2D eigenvalue weighted by Crippen LogP contribution is -2.10. The maximum atomic E-state index is 11.8. The maximum absolute atomic E-state index is 11.8. The van der Waals surface area contributed by atoms with E-state index in [9.17, 15) is 4.79 Å².